The molecule has 0 saturated carbocycles. The first-order valence-corrected chi connectivity index (χ1v) is 6.25. The highest BCUT2D eigenvalue weighted by Gasteiger charge is 2.18. The van der Waals surface area contributed by atoms with Crippen molar-refractivity contribution in [3.63, 3.8) is 0 Å². The van der Waals surface area contributed by atoms with E-state index in [2.05, 4.69) is 22.0 Å². The monoisotopic (exact) mass is 285 g/mol. The van der Waals surface area contributed by atoms with Crippen LogP contribution in [0.5, 0.6) is 0 Å². The third kappa shape index (κ3) is 2.27. The van der Waals surface area contributed by atoms with Crippen LogP contribution < -0.4 is 5.73 Å². The van der Waals surface area contributed by atoms with Gasteiger partial charge in [0.25, 0.3) is 0 Å². The number of hydrogen-bond acceptors (Lipinski definition) is 1. The molecule has 0 fully saturated rings. The van der Waals surface area contributed by atoms with Gasteiger partial charge >= 0.3 is 0 Å². The molecule has 0 radical (unpaired) electrons. The Balaban J connectivity index is 2.32. The summed E-state index contributed by atoms with van der Waals surface area (Å²) in [6.45, 7) is 0. The van der Waals surface area contributed by atoms with E-state index in [9.17, 15) is 0 Å². The number of nitrogens with two attached hydrogens (primary N) is 1. The summed E-state index contributed by atoms with van der Waals surface area (Å²) in [6.07, 6.45) is 5.70. The lowest BCUT2D eigenvalue weighted by molar-refractivity contribution is 0.784. The summed E-state index contributed by atoms with van der Waals surface area (Å²) in [7, 11) is 0. The van der Waals surface area contributed by atoms with Gasteiger partial charge < -0.3 is 5.73 Å². The Morgan fingerprint density at radius 1 is 1.40 bits per heavy atom. The quantitative estimate of drug-likeness (QED) is 0.810. The van der Waals surface area contributed by atoms with E-state index in [1.807, 2.05) is 18.2 Å². The highest BCUT2D eigenvalue weighted by molar-refractivity contribution is 9.10. The van der Waals surface area contributed by atoms with E-state index >= 15 is 0 Å². The molecule has 1 aromatic rings. The Bertz CT molecular complexity index is 401. The SMILES string of the molecule is NC(C1=CCCC1)c1cccc(Br)c1Cl. The summed E-state index contributed by atoms with van der Waals surface area (Å²) in [4.78, 5) is 0. The van der Waals surface area contributed by atoms with Gasteiger partial charge in [0.1, 0.15) is 0 Å². The second kappa shape index (κ2) is 4.69. The number of hydrogen-bond donors (Lipinski definition) is 1. The molecule has 0 bridgehead atoms. The summed E-state index contributed by atoms with van der Waals surface area (Å²) in [6, 6.07) is 5.86. The largest absolute Gasteiger partial charge is 0.320 e. The Labute approximate surface area is 103 Å². The number of rotatable bonds is 2. The zero-order valence-electron chi connectivity index (χ0n) is 8.34. The van der Waals surface area contributed by atoms with Gasteiger partial charge in [0.05, 0.1) is 11.1 Å². The van der Waals surface area contributed by atoms with Crippen LogP contribution in [0.3, 0.4) is 0 Å². The molecule has 0 aliphatic heterocycles. The van der Waals surface area contributed by atoms with E-state index in [-0.39, 0.29) is 6.04 Å². The Kier molecular flexibility index (Phi) is 3.49. The van der Waals surface area contributed by atoms with Crippen molar-refractivity contribution in [2.24, 2.45) is 5.73 Å². The molecule has 0 spiro atoms. The molecule has 1 aromatic carbocycles. The van der Waals surface area contributed by atoms with Gasteiger partial charge in [0.2, 0.25) is 0 Å². The molecule has 1 aliphatic carbocycles. The van der Waals surface area contributed by atoms with Crippen molar-refractivity contribution in [1.29, 1.82) is 0 Å². The molecule has 0 heterocycles. The van der Waals surface area contributed by atoms with Crippen molar-refractivity contribution in [3.05, 3.63) is 44.9 Å². The van der Waals surface area contributed by atoms with Crippen LogP contribution in [0.15, 0.2) is 34.3 Å². The first kappa shape index (κ1) is 11.2. The summed E-state index contributed by atoms with van der Waals surface area (Å²) < 4.78 is 0.913. The standard InChI is InChI=1S/C12H13BrClN/c13-10-7-3-6-9(11(10)14)12(15)8-4-1-2-5-8/h3-4,6-7,12H,1-2,5,15H2. The summed E-state index contributed by atoms with van der Waals surface area (Å²) in [5.74, 6) is 0. The van der Waals surface area contributed by atoms with E-state index in [1.165, 1.54) is 12.0 Å². The molecule has 0 amide bonds. The average molecular weight is 287 g/mol. The van der Waals surface area contributed by atoms with Crippen LogP contribution in [0.25, 0.3) is 0 Å². The molecule has 15 heavy (non-hydrogen) atoms. The molecular formula is C12H13BrClN. The lowest BCUT2D eigenvalue weighted by atomic mass is 9.99. The van der Waals surface area contributed by atoms with Crippen LogP contribution in [0.2, 0.25) is 5.02 Å². The maximum atomic E-state index is 6.21. The highest BCUT2D eigenvalue weighted by Crippen LogP contribution is 2.35. The van der Waals surface area contributed by atoms with Crippen LogP contribution in [-0.4, -0.2) is 0 Å². The van der Waals surface area contributed by atoms with Crippen LogP contribution >= 0.6 is 27.5 Å². The molecule has 3 heteroatoms. The third-order valence-electron chi connectivity index (χ3n) is 2.79. The molecule has 80 valence electrons. The van der Waals surface area contributed by atoms with Gasteiger partial charge in [-0.15, -0.1) is 0 Å². The lowest BCUT2D eigenvalue weighted by Crippen LogP contribution is -2.12. The summed E-state index contributed by atoms with van der Waals surface area (Å²) in [5.41, 5.74) is 8.52. The third-order valence-corrected chi connectivity index (χ3v) is 4.10. The molecular weight excluding hydrogens is 273 g/mol. The fourth-order valence-electron chi connectivity index (χ4n) is 1.94. The maximum Gasteiger partial charge on any atom is 0.0599 e. The minimum absolute atomic E-state index is 0.0440. The van der Waals surface area contributed by atoms with E-state index in [4.69, 9.17) is 17.3 Å². The van der Waals surface area contributed by atoms with Crippen molar-refractivity contribution in [3.8, 4) is 0 Å². The normalized spacial score (nSPS) is 17.7. The molecule has 1 aliphatic rings. The zero-order valence-corrected chi connectivity index (χ0v) is 10.7. The lowest BCUT2D eigenvalue weighted by Gasteiger charge is -2.15. The minimum Gasteiger partial charge on any atom is -0.320 e. The second-order valence-corrected chi connectivity index (χ2v) is 5.02. The van der Waals surface area contributed by atoms with Crippen LogP contribution in [0.4, 0.5) is 0 Å². The maximum absolute atomic E-state index is 6.21. The molecule has 2 N–H and O–H groups in total. The van der Waals surface area contributed by atoms with E-state index in [0.717, 1.165) is 27.9 Å². The molecule has 1 nitrogen and oxygen atoms in total. The number of allylic oxidation sites excluding steroid dienone is 1. The predicted molar refractivity (Wildman–Crippen MR) is 68.0 cm³/mol. The fraction of sp³-hybridized carbons (Fsp3) is 0.333. The van der Waals surface area contributed by atoms with Crippen molar-refractivity contribution in [2.45, 2.75) is 25.3 Å². The van der Waals surface area contributed by atoms with Crippen molar-refractivity contribution in [1.82, 2.24) is 0 Å². The Hall–Kier alpha value is -0.310. The van der Waals surface area contributed by atoms with Gasteiger partial charge in [-0.3, -0.25) is 0 Å². The second-order valence-electron chi connectivity index (χ2n) is 3.79. The van der Waals surface area contributed by atoms with Gasteiger partial charge in [0, 0.05) is 4.47 Å². The van der Waals surface area contributed by atoms with Crippen LogP contribution in [-0.2, 0) is 0 Å². The summed E-state index contributed by atoms with van der Waals surface area (Å²) in [5, 5.41) is 0.734. The average Bonchev–Trinajstić information content (AvgIpc) is 2.74. The molecule has 1 unspecified atom stereocenters. The molecule has 1 atom stereocenters. The molecule has 2 rings (SSSR count). The van der Waals surface area contributed by atoms with Crippen molar-refractivity contribution >= 4 is 27.5 Å². The van der Waals surface area contributed by atoms with E-state index < -0.39 is 0 Å². The molecule has 0 saturated heterocycles. The topological polar surface area (TPSA) is 26.0 Å². The van der Waals surface area contributed by atoms with Gasteiger partial charge in [-0.1, -0.05) is 35.4 Å². The van der Waals surface area contributed by atoms with Gasteiger partial charge in [-0.2, -0.15) is 0 Å². The van der Waals surface area contributed by atoms with Gasteiger partial charge in [0.15, 0.2) is 0 Å². The Morgan fingerprint density at radius 3 is 2.87 bits per heavy atom. The first-order chi connectivity index (χ1) is 7.20. The Morgan fingerprint density at radius 2 is 2.20 bits per heavy atom. The first-order valence-electron chi connectivity index (χ1n) is 5.08. The minimum atomic E-state index is -0.0440. The highest BCUT2D eigenvalue weighted by atomic mass is 79.9. The summed E-state index contributed by atoms with van der Waals surface area (Å²) >= 11 is 9.63. The van der Waals surface area contributed by atoms with Crippen molar-refractivity contribution < 1.29 is 0 Å². The van der Waals surface area contributed by atoms with Gasteiger partial charge in [-0.25, -0.2) is 0 Å². The fourth-order valence-corrected chi connectivity index (χ4v) is 2.56. The van der Waals surface area contributed by atoms with Gasteiger partial charge in [-0.05, 0) is 46.8 Å². The number of halogens is 2. The van der Waals surface area contributed by atoms with Crippen LogP contribution in [0.1, 0.15) is 30.9 Å². The predicted octanol–water partition coefficient (Wildman–Crippen LogP) is 4.21. The smallest absolute Gasteiger partial charge is 0.0599 e. The van der Waals surface area contributed by atoms with E-state index in [1.54, 1.807) is 0 Å². The van der Waals surface area contributed by atoms with Crippen LogP contribution in [0, 0.1) is 0 Å². The van der Waals surface area contributed by atoms with Crippen molar-refractivity contribution in [2.75, 3.05) is 0 Å². The van der Waals surface area contributed by atoms with E-state index in [0.29, 0.717) is 0 Å². The number of benzene rings is 1. The zero-order chi connectivity index (χ0) is 10.8. The molecule has 0 aromatic heterocycles.